The van der Waals surface area contributed by atoms with Crippen LogP contribution in [0.15, 0.2) is 60.7 Å². The summed E-state index contributed by atoms with van der Waals surface area (Å²) in [5.74, 6) is 1.74. The third-order valence-electron chi connectivity index (χ3n) is 2.33. The molecule has 18 heavy (non-hydrogen) atoms. The monoisotopic (exact) mass is 244 g/mol. The van der Waals surface area contributed by atoms with Crippen LogP contribution in [0.2, 0.25) is 0 Å². The lowest BCUT2D eigenvalue weighted by Gasteiger charge is -2.03. The summed E-state index contributed by atoms with van der Waals surface area (Å²) in [5.41, 5.74) is 0. The number of benzene rings is 2. The minimum absolute atomic E-state index is 0.190. The van der Waals surface area contributed by atoms with E-state index in [1.165, 1.54) is 0 Å². The summed E-state index contributed by atoms with van der Waals surface area (Å²) in [4.78, 5) is 0. The lowest BCUT2D eigenvalue weighted by molar-refractivity contribution is 0.244. The maximum Gasteiger partial charge on any atom is 0.127 e. The highest BCUT2D eigenvalue weighted by atomic mass is 16.6. The molecule has 1 unspecified atom stereocenters. The summed E-state index contributed by atoms with van der Waals surface area (Å²) in [7, 11) is 0. The third-order valence-corrected chi connectivity index (χ3v) is 2.33. The van der Waals surface area contributed by atoms with Crippen LogP contribution < -0.4 is 4.74 Å². The fourth-order valence-electron chi connectivity index (χ4n) is 1.29. The Morgan fingerprint density at radius 2 is 1.39 bits per heavy atom. The van der Waals surface area contributed by atoms with Crippen molar-refractivity contribution in [2.75, 3.05) is 13.2 Å². The van der Waals surface area contributed by atoms with Gasteiger partial charge in [-0.2, -0.15) is 0 Å². The second-order valence-corrected chi connectivity index (χ2v) is 3.87. The van der Waals surface area contributed by atoms with Crippen LogP contribution in [0.1, 0.15) is 0 Å². The molecule has 1 heterocycles. The second kappa shape index (κ2) is 6.79. The molecule has 0 radical (unpaired) electrons. The average Bonchev–Trinajstić information content (AvgIpc) is 3.26. The first kappa shape index (κ1) is 12.6. The Kier molecular flexibility index (Phi) is 4.76. The van der Waals surface area contributed by atoms with Gasteiger partial charge in [0.1, 0.15) is 17.6 Å². The molecule has 1 saturated heterocycles. The van der Waals surface area contributed by atoms with Crippen molar-refractivity contribution in [3.63, 3.8) is 0 Å². The van der Waals surface area contributed by atoms with E-state index in [1.54, 1.807) is 0 Å². The molecule has 0 amide bonds. The zero-order valence-corrected chi connectivity index (χ0v) is 10.0. The molecule has 1 fully saturated rings. The van der Waals surface area contributed by atoms with Gasteiger partial charge in [0, 0.05) is 0 Å². The molecule has 0 aliphatic carbocycles. The van der Waals surface area contributed by atoms with Crippen molar-refractivity contribution in [1.29, 1.82) is 0 Å². The molecule has 0 saturated carbocycles. The molecular formula is C15H16O3. The van der Waals surface area contributed by atoms with Gasteiger partial charge in [-0.15, -0.1) is 0 Å². The first-order valence-corrected chi connectivity index (χ1v) is 5.89. The highest BCUT2D eigenvalue weighted by Gasteiger charge is 2.19. The van der Waals surface area contributed by atoms with Crippen LogP contribution in [-0.4, -0.2) is 24.4 Å². The zero-order chi connectivity index (χ0) is 12.6. The molecule has 2 aromatic rings. The van der Waals surface area contributed by atoms with Crippen LogP contribution in [0, 0.1) is 0 Å². The highest BCUT2D eigenvalue weighted by molar-refractivity contribution is 5.30. The van der Waals surface area contributed by atoms with Crippen molar-refractivity contribution >= 4 is 0 Å². The van der Waals surface area contributed by atoms with Gasteiger partial charge >= 0.3 is 0 Å². The molecule has 1 aliphatic rings. The van der Waals surface area contributed by atoms with Crippen LogP contribution in [-0.2, 0) is 4.74 Å². The summed E-state index contributed by atoms with van der Waals surface area (Å²) >= 11 is 0. The predicted octanol–water partition coefficient (Wildman–Crippen LogP) is 2.86. The molecule has 0 bridgehead atoms. The molecule has 1 aliphatic heterocycles. The quantitative estimate of drug-likeness (QED) is 0.844. The van der Waals surface area contributed by atoms with Crippen LogP contribution in [0.25, 0.3) is 0 Å². The SMILES string of the molecule is OCC1CO1.c1ccc(Oc2ccccc2)cc1. The predicted molar refractivity (Wildman–Crippen MR) is 69.8 cm³/mol. The Morgan fingerprint density at radius 3 is 1.67 bits per heavy atom. The van der Waals surface area contributed by atoms with Gasteiger partial charge in [0.15, 0.2) is 0 Å². The number of epoxide rings is 1. The van der Waals surface area contributed by atoms with E-state index in [0.29, 0.717) is 0 Å². The maximum atomic E-state index is 8.08. The van der Waals surface area contributed by atoms with Crippen molar-refractivity contribution in [3.05, 3.63) is 60.7 Å². The highest BCUT2D eigenvalue weighted by Crippen LogP contribution is 2.19. The maximum absolute atomic E-state index is 8.08. The molecule has 0 aromatic heterocycles. The summed E-state index contributed by atoms with van der Waals surface area (Å²) in [6.45, 7) is 0.955. The van der Waals surface area contributed by atoms with E-state index in [1.807, 2.05) is 60.7 Å². The molecule has 3 rings (SSSR count). The fourth-order valence-corrected chi connectivity index (χ4v) is 1.29. The molecule has 3 nitrogen and oxygen atoms in total. The van der Waals surface area contributed by atoms with Gasteiger partial charge in [0.05, 0.1) is 13.2 Å². The van der Waals surface area contributed by atoms with Crippen LogP contribution in [0.5, 0.6) is 11.5 Å². The Bertz CT molecular complexity index is 400. The van der Waals surface area contributed by atoms with Gasteiger partial charge in [0.2, 0.25) is 0 Å². The number of hydrogen-bond acceptors (Lipinski definition) is 3. The summed E-state index contributed by atoms with van der Waals surface area (Å²) in [6, 6.07) is 19.5. The van der Waals surface area contributed by atoms with Crippen molar-refractivity contribution in [3.8, 4) is 11.5 Å². The number of aliphatic hydroxyl groups excluding tert-OH is 1. The minimum Gasteiger partial charge on any atom is -0.457 e. The Morgan fingerprint density at radius 1 is 0.944 bits per heavy atom. The first-order valence-electron chi connectivity index (χ1n) is 5.89. The van der Waals surface area contributed by atoms with E-state index < -0.39 is 0 Å². The number of para-hydroxylation sites is 2. The second-order valence-electron chi connectivity index (χ2n) is 3.87. The van der Waals surface area contributed by atoms with E-state index in [-0.39, 0.29) is 12.7 Å². The Hall–Kier alpha value is -1.84. The molecule has 0 spiro atoms. The van der Waals surface area contributed by atoms with Crippen molar-refractivity contribution in [2.45, 2.75) is 6.10 Å². The lowest BCUT2D eigenvalue weighted by atomic mass is 10.3. The van der Waals surface area contributed by atoms with Gasteiger partial charge in [-0.05, 0) is 24.3 Å². The summed E-state index contributed by atoms with van der Waals surface area (Å²) in [5, 5.41) is 8.08. The van der Waals surface area contributed by atoms with E-state index >= 15 is 0 Å². The smallest absolute Gasteiger partial charge is 0.127 e. The number of rotatable bonds is 3. The molecule has 1 atom stereocenters. The van der Waals surface area contributed by atoms with Gasteiger partial charge in [-0.1, -0.05) is 36.4 Å². The summed E-state index contributed by atoms with van der Waals surface area (Å²) in [6.07, 6.45) is 0.190. The largest absolute Gasteiger partial charge is 0.457 e. The van der Waals surface area contributed by atoms with Crippen LogP contribution in [0.3, 0.4) is 0 Å². The molecule has 2 aromatic carbocycles. The van der Waals surface area contributed by atoms with E-state index in [2.05, 4.69) is 4.74 Å². The van der Waals surface area contributed by atoms with Gasteiger partial charge < -0.3 is 14.6 Å². The average molecular weight is 244 g/mol. The lowest BCUT2D eigenvalue weighted by Crippen LogP contribution is -1.88. The van der Waals surface area contributed by atoms with Crippen molar-refractivity contribution in [2.24, 2.45) is 0 Å². The molecular weight excluding hydrogens is 228 g/mol. The van der Waals surface area contributed by atoms with E-state index in [0.717, 1.165) is 18.1 Å². The molecule has 3 heteroatoms. The first-order chi connectivity index (χ1) is 8.88. The van der Waals surface area contributed by atoms with Gasteiger partial charge in [-0.3, -0.25) is 0 Å². The molecule has 94 valence electrons. The van der Waals surface area contributed by atoms with Gasteiger partial charge in [0.25, 0.3) is 0 Å². The summed E-state index contributed by atoms with van der Waals surface area (Å²) < 4.78 is 10.2. The zero-order valence-electron chi connectivity index (χ0n) is 10.0. The van der Waals surface area contributed by atoms with Crippen molar-refractivity contribution < 1.29 is 14.6 Å². The standard InChI is InChI=1S/C12H10O.C3H6O2/c1-3-7-11(8-4-1)13-12-9-5-2-6-10-12;4-1-3-2-5-3/h1-10H;3-4H,1-2H2. The fraction of sp³-hybridized carbons (Fsp3) is 0.200. The van der Waals surface area contributed by atoms with Crippen LogP contribution in [0.4, 0.5) is 0 Å². The number of hydrogen-bond donors (Lipinski definition) is 1. The van der Waals surface area contributed by atoms with Gasteiger partial charge in [-0.25, -0.2) is 0 Å². The minimum atomic E-state index is 0.190. The van der Waals surface area contributed by atoms with Crippen LogP contribution >= 0.6 is 0 Å². The topological polar surface area (TPSA) is 42.0 Å². The number of aliphatic hydroxyl groups is 1. The normalized spacial score (nSPS) is 16.4. The third kappa shape index (κ3) is 4.57. The van der Waals surface area contributed by atoms with E-state index in [9.17, 15) is 0 Å². The number of ether oxygens (including phenoxy) is 2. The molecule has 1 N–H and O–H groups in total. The Balaban J connectivity index is 0.000000202. The van der Waals surface area contributed by atoms with E-state index in [4.69, 9.17) is 9.84 Å². The Labute approximate surface area is 107 Å². The van der Waals surface area contributed by atoms with Crippen molar-refractivity contribution in [1.82, 2.24) is 0 Å².